The van der Waals surface area contributed by atoms with Gasteiger partial charge in [0, 0.05) is 32.3 Å². The molecule has 4 rings (SSSR count). The van der Waals surface area contributed by atoms with Crippen LogP contribution in [0.25, 0.3) is 0 Å². The number of hydrogen-bond acceptors (Lipinski definition) is 9. The fourth-order valence-corrected chi connectivity index (χ4v) is 7.76. The topological polar surface area (TPSA) is 272 Å². The molecular formula is C37H62N12O6. The standard InChI is InChI=1S/C37H62N12O6/c1-37(2,3)30(31(38)51)45-33(53)25(15-9-19-41-36(39)40)42-32(52)26-16-10-20-48-22-24(46-47-48)14-7-8-18-28(50)49-21-11-17-27(49)34(54)44-29(35(55)43-26)23-12-5-4-6-13-23/h22-23,25-27,29-30H,4-21H2,1-3H3,(H2,38,51)(H,42,52)(H,43,55)(H,44,54)(H,45,53)(H4,39,40,41)/t25-,26-,27-,29-,30+/m0/s1. The minimum absolute atomic E-state index is 0.0880. The Morgan fingerprint density at radius 1 is 0.909 bits per heavy atom. The first-order valence-corrected chi connectivity index (χ1v) is 19.9. The maximum absolute atomic E-state index is 14.3. The van der Waals surface area contributed by atoms with Crippen LogP contribution < -0.4 is 38.1 Å². The molecule has 1 saturated carbocycles. The highest BCUT2D eigenvalue weighted by Gasteiger charge is 2.40. The lowest BCUT2D eigenvalue weighted by molar-refractivity contribution is -0.140. The molecule has 0 unspecified atom stereocenters. The molecule has 3 aliphatic rings. The van der Waals surface area contributed by atoms with E-state index in [1.54, 1.807) is 30.4 Å². The molecule has 2 bridgehead atoms. The van der Waals surface area contributed by atoms with Crippen LogP contribution in [-0.4, -0.2) is 105 Å². The van der Waals surface area contributed by atoms with E-state index in [2.05, 4.69) is 36.9 Å². The zero-order valence-electron chi connectivity index (χ0n) is 32.7. The number of nitrogens with one attached hydrogen (secondary N) is 6. The molecule has 1 aromatic heterocycles. The normalized spacial score (nSPS) is 23.4. The van der Waals surface area contributed by atoms with Crippen molar-refractivity contribution < 1.29 is 28.8 Å². The monoisotopic (exact) mass is 770 g/mol. The molecule has 5 atom stereocenters. The fourth-order valence-electron chi connectivity index (χ4n) is 7.76. The van der Waals surface area contributed by atoms with Gasteiger partial charge in [0.2, 0.25) is 35.4 Å². The zero-order valence-corrected chi connectivity index (χ0v) is 32.7. The van der Waals surface area contributed by atoms with Crippen LogP contribution in [0.2, 0.25) is 0 Å². The second-order valence-corrected chi connectivity index (χ2v) is 16.3. The molecule has 6 amide bonds. The van der Waals surface area contributed by atoms with Crippen molar-refractivity contribution in [2.75, 3.05) is 13.1 Å². The van der Waals surface area contributed by atoms with Gasteiger partial charge < -0.3 is 43.0 Å². The fraction of sp³-hybridized carbons (Fsp3) is 0.757. The van der Waals surface area contributed by atoms with Crippen LogP contribution in [0.5, 0.6) is 0 Å². The second kappa shape index (κ2) is 20.2. The number of rotatable bonds is 10. The molecule has 0 aromatic carbocycles. The molecule has 55 heavy (non-hydrogen) atoms. The third-order valence-corrected chi connectivity index (χ3v) is 10.8. The minimum Gasteiger partial charge on any atom is -0.370 e. The Morgan fingerprint density at radius 3 is 2.31 bits per heavy atom. The van der Waals surface area contributed by atoms with Crippen LogP contribution in [0.1, 0.15) is 116 Å². The molecule has 1 saturated heterocycles. The summed E-state index contributed by atoms with van der Waals surface area (Å²) in [5.74, 6) is -3.35. The number of hydrogen-bond donors (Lipinski definition) is 8. The van der Waals surface area contributed by atoms with Gasteiger partial charge in [0.05, 0.1) is 5.69 Å². The Labute approximate surface area is 323 Å². The van der Waals surface area contributed by atoms with Crippen LogP contribution in [0.15, 0.2) is 6.20 Å². The Balaban J connectivity index is 1.61. The molecule has 18 heteroatoms. The van der Waals surface area contributed by atoms with E-state index in [4.69, 9.17) is 16.9 Å². The summed E-state index contributed by atoms with van der Waals surface area (Å²) in [6.45, 7) is 6.40. The average Bonchev–Trinajstić information content (AvgIpc) is 3.81. The molecule has 1 aliphatic carbocycles. The van der Waals surface area contributed by atoms with Crippen molar-refractivity contribution in [1.82, 2.24) is 46.5 Å². The minimum atomic E-state index is -1.13. The Bertz CT molecular complexity index is 1520. The largest absolute Gasteiger partial charge is 0.370 e. The predicted octanol–water partition coefficient (Wildman–Crippen LogP) is 0.0899. The van der Waals surface area contributed by atoms with Crippen molar-refractivity contribution in [1.29, 1.82) is 5.41 Å². The van der Waals surface area contributed by atoms with Crippen molar-refractivity contribution in [3.63, 3.8) is 0 Å². The van der Waals surface area contributed by atoms with Gasteiger partial charge in [-0.15, -0.1) is 5.10 Å². The molecule has 10 N–H and O–H groups in total. The highest BCUT2D eigenvalue weighted by Crippen LogP contribution is 2.28. The summed E-state index contributed by atoms with van der Waals surface area (Å²) in [6, 6.07) is -4.88. The van der Waals surface area contributed by atoms with Gasteiger partial charge in [-0.2, -0.15) is 0 Å². The number of nitrogens with zero attached hydrogens (tertiary/aromatic N) is 4. The van der Waals surface area contributed by atoms with E-state index in [1.807, 2.05) is 6.20 Å². The van der Waals surface area contributed by atoms with E-state index < -0.39 is 59.3 Å². The van der Waals surface area contributed by atoms with Gasteiger partial charge in [-0.05, 0) is 82.0 Å². The van der Waals surface area contributed by atoms with Gasteiger partial charge in [0.1, 0.15) is 30.2 Å². The lowest BCUT2D eigenvalue weighted by Crippen LogP contribution is -2.61. The van der Waals surface area contributed by atoms with E-state index in [-0.39, 0.29) is 43.1 Å². The lowest BCUT2D eigenvalue weighted by Gasteiger charge is -2.33. The highest BCUT2D eigenvalue weighted by atomic mass is 16.2. The third-order valence-electron chi connectivity index (χ3n) is 10.8. The van der Waals surface area contributed by atoms with E-state index in [0.29, 0.717) is 58.0 Å². The number of carbonyl (C=O) groups is 6. The summed E-state index contributed by atoms with van der Waals surface area (Å²) in [6.07, 6.45) is 10.7. The van der Waals surface area contributed by atoms with Crippen molar-refractivity contribution in [2.45, 2.75) is 154 Å². The Morgan fingerprint density at radius 2 is 1.62 bits per heavy atom. The highest BCUT2D eigenvalue weighted by molar-refractivity contribution is 5.96. The number of fused-ring (bicyclic) bond motifs is 3. The summed E-state index contributed by atoms with van der Waals surface area (Å²) in [5, 5.41) is 30.1. The lowest BCUT2D eigenvalue weighted by atomic mass is 9.83. The van der Waals surface area contributed by atoms with E-state index >= 15 is 0 Å². The number of primary amides is 1. The van der Waals surface area contributed by atoms with Crippen LogP contribution in [0.4, 0.5) is 0 Å². The first kappa shape index (κ1) is 43.0. The van der Waals surface area contributed by atoms with Crippen molar-refractivity contribution in [3.8, 4) is 0 Å². The second-order valence-electron chi connectivity index (χ2n) is 16.3. The number of aryl methyl sites for hydroxylation is 2. The molecule has 3 heterocycles. The molecule has 1 aromatic rings. The van der Waals surface area contributed by atoms with Gasteiger partial charge in [0.15, 0.2) is 5.96 Å². The van der Waals surface area contributed by atoms with Gasteiger partial charge in [-0.3, -0.25) is 38.9 Å². The first-order chi connectivity index (χ1) is 26.1. The molecule has 306 valence electrons. The summed E-state index contributed by atoms with van der Waals surface area (Å²) in [7, 11) is 0. The summed E-state index contributed by atoms with van der Waals surface area (Å²) in [4.78, 5) is 83.3. The van der Waals surface area contributed by atoms with Gasteiger partial charge in [0.25, 0.3) is 0 Å². The molecule has 2 aliphatic heterocycles. The van der Waals surface area contributed by atoms with E-state index in [1.165, 1.54) is 0 Å². The zero-order chi connectivity index (χ0) is 40.1. The maximum atomic E-state index is 14.3. The molecule has 0 spiro atoms. The average molecular weight is 771 g/mol. The van der Waals surface area contributed by atoms with Crippen molar-refractivity contribution in [3.05, 3.63) is 11.9 Å². The number of amides is 6. The summed E-state index contributed by atoms with van der Waals surface area (Å²) < 4.78 is 1.68. The molecule has 0 radical (unpaired) electrons. The number of carbonyl (C=O) groups excluding carboxylic acids is 6. The van der Waals surface area contributed by atoms with Crippen LogP contribution in [-0.2, 0) is 41.7 Å². The van der Waals surface area contributed by atoms with Crippen LogP contribution >= 0.6 is 0 Å². The van der Waals surface area contributed by atoms with Crippen molar-refractivity contribution >= 4 is 41.4 Å². The van der Waals surface area contributed by atoms with Crippen LogP contribution in [0.3, 0.4) is 0 Å². The SMILES string of the molecule is CC(C)(C)[C@H](NC(=O)[C@H](CCCNC(=N)N)NC(=O)[C@@H]1CCCn2cc(nn2)CCCCC(=O)N2CCC[C@H]2C(=O)N[C@@H](C2CCCCC2)C(=O)N1)C(N)=O. The molecular weight excluding hydrogens is 708 g/mol. The molecule has 18 nitrogen and oxygen atoms in total. The number of guanidine groups is 1. The Kier molecular flexibility index (Phi) is 15.8. The van der Waals surface area contributed by atoms with Gasteiger partial charge in [-0.25, -0.2) is 0 Å². The van der Waals surface area contributed by atoms with Crippen molar-refractivity contribution in [2.24, 2.45) is 22.8 Å². The van der Waals surface area contributed by atoms with Gasteiger partial charge in [-0.1, -0.05) is 45.2 Å². The quantitative estimate of drug-likeness (QED) is 0.0902. The molecule has 2 fully saturated rings. The third kappa shape index (κ3) is 12.9. The van der Waals surface area contributed by atoms with E-state index in [0.717, 1.165) is 44.2 Å². The maximum Gasteiger partial charge on any atom is 0.243 e. The number of aromatic nitrogens is 3. The predicted molar refractivity (Wildman–Crippen MR) is 204 cm³/mol. The van der Waals surface area contributed by atoms with Crippen LogP contribution in [0, 0.1) is 16.7 Å². The first-order valence-electron chi connectivity index (χ1n) is 19.9. The smallest absolute Gasteiger partial charge is 0.243 e. The number of nitrogens with two attached hydrogens (primary N) is 2. The van der Waals surface area contributed by atoms with Gasteiger partial charge >= 0.3 is 0 Å². The Hall–Kier alpha value is -4.77. The summed E-state index contributed by atoms with van der Waals surface area (Å²) >= 11 is 0. The van der Waals surface area contributed by atoms with E-state index in [9.17, 15) is 28.8 Å². The summed E-state index contributed by atoms with van der Waals surface area (Å²) in [5.41, 5.74) is 11.1.